The second-order valence-corrected chi connectivity index (χ2v) is 6.13. The fourth-order valence-corrected chi connectivity index (χ4v) is 2.84. The Balaban J connectivity index is 1.71. The molecule has 0 bridgehead atoms. The molecule has 8 heteroatoms. The largest absolute Gasteiger partial charge is 0.484 e. The highest BCUT2D eigenvalue weighted by Gasteiger charge is 2.17. The zero-order chi connectivity index (χ0) is 19.4. The molecule has 0 aliphatic carbocycles. The number of ether oxygens (including phenoxy) is 2. The highest BCUT2D eigenvalue weighted by Crippen LogP contribution is 2.15. The highest BCUT2D eigenvalue weighted by molar-refractivity contribution is 5.88. The third-order valence-corrected chi connectivity index (χ3v) is 4.36. The summed E-state index contributed by atoms with van der Waals surface area (Å²) in [7, 11) is 0. The Morgan fingerprint density at radius 1 is 1.15 bits per heavy atom. The topological polar surface area (TPSA) is 98.1 Å². The van der Waals surface area contributed by atoms with Crippen LogP contribution in [0.5, 0.6) is 5.75 Å². The number of aromatic carboxylic acids is 1. The van der Waals surface area contributed by atoms with Gasteiger partial charge in [0.1, 0.15) is 11.3 Å². The van der Waals surface area contributed by atoms with Gasteiger partial charge in [-0.15, -0.1) is 0 Å². The normalized spacial score (nSPS) is 14.0. The van der Waals surface area contributed by atoms with Crippen LogP contribution in [0.4, 0.5) is 0 Å². The van der Waals surface area contributed by atoms with Crippen molar-refractivity contribution in [2.24, 2.45) is 0 Å². The molecule has 1 fully saturated rings. The lowest BCUT2D eigenvalue weighted by Gasteiger charge is -2.26. The van der Waals surface area contributed by atoms with Crippen LogP contribution in [0.1, 0.15) is 15.9 Å². The Morgan fingerprint density at radius 2 is 1.81 bits per heavy atom. The van der Waals surface area contributed by atoms with Gasteiger partial charge in [0, 0.05) is 25.0 Å². The molecular weight excluding hydrogens is 352 g/mol. The number of hydrogen-bond acceptors (Lipinski definition) is 5. The van der Waals surface area contributed by atoms with Crippen LogP contribution in [0.3, 0.4) is 0 Å². The summed E-state index contributed by atoms with van der Waals surface area (Å²) < 4.78 is 12.0. The van der Waals surface area contributed by atoms with E-state index in [-0.39, 0.29) is 18.1 Å². The SMILES string of the molecule is Cc1ccn(-c2ccc(OCC(=O)N3CCOCC3)cc2)c(=O)c1C(=O)O. The van der Waals surface area contributed by atoms with Gasteiger partial charge in [0.15, 0.2) is 6.61 Å². The van der Waals surface area contributed by atoms with Crippen LogP contribution >= 0.6 is 0 Å². The number of aromatic nitrogens is 1. The lowest BCUT2D eigenvalue weighted by molar-refractivity contribution is -0.137. The van der Waals surface area contributed by atoms with Crippen LogP contribution in [0.2, 0.25) is 0 Å². The van der Waals surface area contributed by atoms with Gasteiger partial charge in [-0.1, -0.05) is 0 Å². The first-order valence-corrected chi connectivity index (χ1v) is 8.51. The summed E-state index contributed by atoms with van der Waals surface area (Å²) in [5, 5.41) is 9.21. The van der Waals surface area contributed by atoms with Gasteiger partial charge in [-0.25, -0.2) is 4.79 Å². The molecule has 1 aliphatic rings. The number of aryl methyl sites for hydroxylation is 1. The van der Waals surface area contributed by atoms with Crippen LogP contribution < -0.4 is 10.3 Å². The van der Waals surface area contributed by atoms with E-state index in [9.17, 15) is 19.5 Å². The first-order valence-electron chi connectivity index (χ1n) is 8.51. The molecule has 2 heterocycles. The quantitative estimate of drug-likeness (QED) is 0.843. The summed E-state index contributed by atoms with van der Waals surface area (Å²) in [6, 6.07) is 8.12. The number of hydrogen-bond donors (Lipinski definition) is 1. The smallest absolute Gasteiger partial charge is 0.341 e. The van der Waals surface area contributed by atoms with Gasteiger partial charge in [-0.05, 0) is 42.8 Å². The average Bonchev–Trinajstić information content (AvgIpc) is 2.67. The molecule has 1 aromatic carbocycles. The van der Waals surface area contributed by atoms with Crippen LogP contribution in [-0.4, -0.2) is 59.4 Å². The van der Waals surface area contributed by atoms with Crippen LogP contribution in [0.15, 0.2) is 41.3 Å². The van der Waals surface area contributed by atoms with Crippen LogP contribution in [-0.2, 0) is 9.53 Å². The number of rotatable bonds is 5. The molecule has 1 aliphatic heterocycles. The molecule has 0 radical (unpaired) electrons. The number of carboxylic acids is 1. The van der Waals surface area contributed by atoms with Gasteiger partial charge in [-0.2, -0.15) is 0 Å². The van der Waals surface area contributed by atoms with Crippen molar-refractivity contribution in [3.05, 3.63) is 58.0 Å². The van der Waals surface area contributed by atoms with Crippen molar-refractivity contribution in [3.8, 4) is 11.4 Å². The second kappa shape index (κ2) is 8.05. The Hall–Kier alpha value is -3.13. The van der Waals surface area contributed by atoms with Gasteiger partial charge in [0.05, 0.1) is 13.2 Å². The number of nitrogens with zero attached hydrogens (tertiary/aromatic N) is 2. The lowest BCUT2D eigenvalue weighted by atomic mass is 10.1. The van der Waals surface area contributed by atoms with Crippen molar-refractivity contribution >= 4 is 11.9 Å². The molecule has 142 valence electrons. The molecular formula is C19H20N2O6. The van der Waals surface area contributed by atoms with Crippen molar-refractivity contribution < 1.29 is 24.2 Å². The predicted molar refractivity (Wildman–Crippen MR) is 96.6 cm³/mol. The van der Waals surface area contributed by atoms with E-state index in [4.69, 9.17) is 9.47 Å². The third-order valence-electron chi connectivity index (χ3n) is 4.36. The van der Waals surface area contributed by atoms with E-state index in [1.165, 1.54) is 10.8 Å². The molecule has 27 heavy (non-hydrogen) atoms. The summed E-state index contributed by atoms with van der Waals surface area (Å²) in [4.78, 5) is 37.5. The molecule has 1 N–H and O–H groups in total. The van der Waals surface area contributed by atoms with E-state index in [1.807, 2.05) is 0 Å². The minimum Gasteiger partial charge on any atom is -0.484 e. The van der Waals surface area contributed by atoms with Crippen LogP contribution in [0.25, 0.3) is 5.69 Å². The van der Waals surface area contributed by atoms with Gasteiger partial charge in [0.2, 0.25) is 0 Å². The Morgan fingerprint density at radius 3 is 2.44 bits per heavy atom. The predicted octanol–water partition coefficient (Wildman–Crippen LogP) is 1.08. The summed E-state index contributed by atoms with van der Waals surface area (Å²) in [6.07, 6.45) is 1.53. The summed E-state index contributed by atoms with van der Waals surface area (Å²) in [5.74, 6) is -0.879. The molecule has 2 aromatic rings. The molecule has 0 spiro atoms. The fraction of sp³-hybridized carbons (Fsp3) is 0.316. The molecule has 1 saturated heterocycles. The van der Waals surface area contributed by atoms with Crippen molar-refractivity contribution in [3.63, 3.8) is 0 Å². The van der Waals surface area contributed by atoms with Gasteiger partial charge < -0.3 is 19.5 Å². The number of carboxylic acid groups (broad SMARTS) is 1. The standard InChI is InChI=1S/C19H20N2O6/c1-13-6-7-21(18(23)17(13)19(24)25)14-2-4-15(5-3-14)27-12-16(22)20-8-10-26-11-9-20/h2-7H,8-12H2,1H3,(H,24,25). The minimum absolute atomic E-state index is 0.0764. The molecule has 0 unspecified atom stereocenters. The number of carbonyl (C=O) groups is 2. The average molecular weight is 372 g/mol. The highest BCUT2D eigenvalue weighted by atomic mass is 16.5. The maximum Gasteiger partial charge on any atom is 0.341 e. The third kappa shape index (κ3) is 4.17. The van der Waals surface area contributed by atoms with Crippen molar-refractivity contribution in [1.29, 1.82) is 0 Å². The summed E-state index contributed by atoms with van der Waals surface area (Å²) in [6.45, 7) is 3.69. The van der Waals surface area contributed by atoms with E-state index >= 15 is 0 Å². The Labute approximate surface area is 155 Å². The zero-order valence-electron chi connectivity index (χ0n) is 14.9. The molecule has 0 saturated carbocycles. The minimum atomic E-state index is -1.26. The summed E-state index contributed by atoms with van der Waals surface area (Å²) >= 11 is 0. The Bertz CT molecular complexity index is 897. The number of morpholine rings is 1. The maximum atomic E-state index is 12.4. The van der Waals surface area contributed by atoms with E-state index in [1.54, 1.807) is 42.2 Å². The van der Waals surface area contributed by atoms with Crippen LogP contribution in [0, 0.1) is 6.92 Å². The molecule has 3 rings (SSSR count). The number of pyridine rings is 1. The van der Waals surface area contributed by atoms with Crippen molar-refractivity contribution in [2.75, 3.05) is 32.9 Å². The molecule has 1 aromatic heterocycles. The van der Waals surface area contributed by atoms with Crippen molar-refractivity contribution in [2.45, 2.75) is 6.92 Å². The lowest BCUT2D eigenvalue weighted by Crippen LogP contribution is -2.42. The monoisotopic (exact) mass is 372 g/mol. The van der Waals surface area contributed by atoms with Crippen molar-refractivity contribution in [1.82, 2.24) is 9.47 Å². The van der Waals surface area contributed by atoms with Gasteiger partial charge in [0.25, 0.3) is 11.5 Å². The molecule has 1 amide bonds. The Kier molecular flexibility index (Phi) is 5.56. The molecule has 8 nitrogen and oxygen atoms in total. The van der Waals surface area contributed by atoms with E-state index < -0.39 is 11.5 Å². The van der Waals surface area contributed by atoms with E-state index in [0.717, 1.165) is 0 Å². The number of carbonyl (C=O) groups excluding carboxylic acids is 1. The zero-order valence-corrected chi connectivity index (χ0v) is 14.9. The fourth-order valence-electron chi connectivity index (χ4n) is 2.84. The summed E-state index contributed by atoms with van der Waals surface area (Å²) in [5.41, 5.74) is 0.0623. The number of benzene rings is 1. The van der Waals surface area contributed by atoms with Gasteiger partial charge in [-0.3, -0.25) is 14.2 Å². The first kappa shape index (κ1) is 18.7. The van der Waals surface area contributed by atoms with Gasteiger partial charge >= 0.3 is 5.97 Å². The number of amides is 1. The second-order valence-electron chi connectivity index (χ2n) is 6.13. The first-order chi connectivity index (χ1) is 13.0. The van der Waals surface area contributed by atoms with E-state index in [0.29, 0.717) is 43.3 Å². The molecule has 0 atom stereocenters. The van der Waals surface area contributed by atoms with E-state index in [2.05, 4.69) is 0 Å². The maximum absolute atomic E-state index is 12.4.